The van der Waals surface area contributed by atoms with E-state index in [0.717, 1.165) is 11.1 Å². The van der Waals surface area contributed by atoms with Gasteiger partial charge in [-0.25, -0.2) is 9.48 Å². The number of rotatable bonds is 7. The summed E-state index contributed by atoms with van der Waals surface area (Å²) in [6, 6.07) is 14.7. The lowest BCUT2D eigenvalue weighted by atomic mass is 9.92. The zero-order valence-electron chi connectivity index (χ0n) is 17.7. The number of nitrogens with zero attached hydrogens (tertiary/aromatic N) is 3. The maximum absolute atomic E-state index is 13.2. The van der Waals surface area contributed by atoms with Crippen molar-refractivity contribution in [2.45, 2.75) is 19.9 Å². The number of hydrogen-bond donors (Lipinski definition) is 1. The van der Waals surface area contributed by atoms with E-state index in [-0.39, 0.29) is 6.61 Å². The molecule has 0 amide bonds. The first-order chi connectivity index (χ1) is 15.2. The van der Waals surface area contributed by atoms with Gasteiger partial charge in [-0.2, -0.15) is 10.1 Å². The summed E-state index contributed by atoms with van der Waals surface area (Å²) in [7, 11) is 1.59. The van der Waals surface area contributed by atoms with Crippen molar-refractivity contribution >= 4 is 17.6 Å². The van der Waals surface area contributed by atoms with Gasteiger partial charge in [0.1, 0.15) is 12.4 Å². The van der Waals surface area contributed by atoms with Crippen LogP contribution in [0.2, 0.25) is 0 Å². The van der Waals surface area contributed by atoms with E-state index in [2.05, 4.69) is 15.4 Å². The SMILES string of the molecule is CCOC(=O)C1=C(c2ccccc2)Nc2ncnn2[C@@H]1c1ccc(OC)c(OCC)c1. The molecule has 1 atom stereocenters. The summed E-state index contributed by atoms with van der Waals surface area (Å²) >= 11 is 0. The van der Waals surface area contributed by atoms with Crippen LogP contribution in [0.4, 0.5) is 5.95 Å². The number of methoxy groups -OCH3 is 1. The van der Waals surface area contributed by atoms with Gasteiger partial charge in [0.05, 0.1) is 31.6 Å². The molecule has 0 spiro atoms. The van der Waals surface area contributed by atoms with E-state index < -0.39 is 12.0 Å². The molecule has 0 fully saturated rings. The molecule has 1 N–H and O–H groups in total. The Bertz CT molecular complexity index is 1110. The second-order valence-corrected chi connectivity index (χ2v) is 6.77. The standard InChI is InChI=1S/C23H24N4O4/c1-4-30-18-13-16(11-12-17(18)29-3)21-19(22(28)31-5-2)20(15-9-7-6-8-10-15)26-23-24-14-25-27(21)23/h6-14,21H,4-5H2,1-3H3,(H,24,25,26)/t21-/m1/s1. The molecule has 8 nitrogen and oxygen atoms in total. The van der Waals surface area contributed by atoms with E-state index in [1.807, 2.05) is 55.5 Å². The fourth-order valence-corrected chi connectivity index (χ4v) is 3.66. The first-order valence-corrected chi connectivity index (χ1v) is 10.1. The van der Waals surface area contributed by atoms with Crippen molar-refractivity contribution < 1.29 is 19.0 Å². The van der Waals surface area contributed by atoms with Crippen LogP contribution in [0.5, 0.6) is 11.5 Å². The molecule has 0 saturated carbocycles. The lowest BCUT2D eigenvalue weighted by Crippen LogP contribution is -2.30. The van der Waals surface area contributed by atoms with E-state index >= 15 is 0 Å². The predicted molar refractivity (Wildman–Crippen MR) is 116 cm³/mol. The van der Waals surface area contributed by atoms with Crippen LogP contribution in [0.1, 0.15) is 31.0 Å². The Kier molecular flexibility index (Phi) is 5.88. The Balaban J connectivity index is 1.94. The lowest BCUT2D eigenvalue weighted by Gasteiger charge is -2.30. The van der Waals surface area contributed by atoms with Crippen molar-refractivity contribution in [3.8, 4) is 11.5 Å². The molecular formula is C23H24N4O4. The molecule has 0 aliphatic carbocycles. The second-order valence-electron chi connectivity index (χ2n) is 6.77. The highest BCUT2D eigenvalue weighted by atomic mass is 16.5. The maximum Gasteiger partial charge on any atom is 0.338 e. The van der Waals surface area contributed by atoms with Crippen LogP contribution in [0.3, 0.4) is 0 Å². The normalized spacial score (nSPS) is 15.1. The molecule has 2 heterocycles. The largest absolute Gasteiger partial charge is 0.493 e. The summed E-state index contributed by atoms with van der Waals surface area (Å²) in [6.45, 7) is 4.43. The van der Waals surface area contributed by atoms with Crippen LogP contribution in [-0.4, -0.2) is 41.1 Å². The van der Waals surface area contributed by atoms with Gasteiger partial charge in [-0.05, 0) is 37.1 Å². The number of anilines is 1. The molecule has 1 aliphatic rings. The van der Waals surface area contributed by atoms with Gasteiger partial charge in [0.15, 0.2) is 11.5 Å². The first-order valence-electron chi connectivity index (χ1n) is 10.1. The molecule has 31 heavy (non-hydrogen) atoms. The maximum atomic E-state index is 13.2. The highest BCUT2D eigenvalue weighted by Crippen LogP contribution is 2.41. The van der Waals surface area contributed by atoms with E-state index in [1.54, 1.807) is 18.7 Å². The van der Waals surface area contributed by atoms with Crippen molar-refractivity contribution in [1.82, 2.24) is 14.8 Å². The van der Waals surface area contributed by atoms with Crippen molar-refractivity contribution in [1.29, 1.82) is 0 Å². The third-order valence-corrected chi connectivity index (χ3v) is 4.96. The fraction of sp³-hybridized carbons (Fsp3) is 0.261. The Morgan fingerprint density at radius 2 is 1.90 bits per heavy atom. The Labute approximate surface area is 180 Å². The number of benzene rings is 2. The van der Waals surface area contributed by atoms with Crippen molar-refractivity contribution in [2.75, 3.05) is 25.6 Å². The van der Waals surface area contributed by atoms with E-state index in [1.165, 1.54) is 6.33 Å². The quantitative estimate of drug-likeness (QED) is 0.584. The first kappa shape index (κ1) is 20.5. The van der Waals surface area contributed by atoms with E-state index in [4.69, 9.17) is 14.2 Å². The molecule has 0 unspecified atom stereocenters. The van der Waals surface area contributed by atoms with Gasteiger partial charge in [0.25, 0.3) is 0 Å². The number of hydrogen-bond acceptors (Lipinski definition) is 7. The molecule has 3 aromatic rings. The number of carbonyl (C=O) groups is 1. The van der Waals surface area contributed by atoms with Crippen LogP contribution in [0.25, 0.3) is 5.70 Å². The van der Waals surface area contributed by atoms with Crippen molar-refractivity contribution in [3.63, 3.8) is 0 Å². The third-order valence-electron chi connectivity index (χ3n) is 4.96. The van der Waals surface area contributed by atoms with Crippen LogP contribution >= 0.6 is 0 Å². The minimum Gasteiger partial charge on any atom is -0.493 e. The van der Waals surface area contributed by atoms with Gasteiger partial charge < -0.3 is 19.5 Å². The predicted octanol–water partition coefficient (Wildman–Crippen LogP) is 3.67. The number of aromatic nitrogens is 3. The highest BCUT2D eigenvalue weighted by Gasteiger charge is 2.36. The number of esters is 1. The van der Waals surface area contributed by atoms with Gasteiger partial charge in [0, 0.05) is 0 Å². The highest BCUT2D eigenvalue weighted by molar-refractivity contribution is 6.02. The zero-order valence-corrected chi connectivity index (χ0v) is 17.7. The second kappa shape index (κ2) is 8.91. The third kappa shape index (κ3) is 3.84. The van der Waals surface area contributed by atoms with Gasteiger partial charge in [-0.3, -0.25) is 0 Å². The molecule has 2 aromatic carbocycles. The summed E-state index contributed by atoms with van der Waals surface area (Å²) in [5.74, 6) is 1.31. The molecule has 160 valence electrons. The minimum absolute atomic E-state index is 0.258. The van der Waals surface area contributed by atoms with E-state index in [0.29, 0.717) is 35.3 Å². The molecule has 8 heteroatoms. The Morgan fingerprint density at radius 1 is 1.10 bits per heavy atom. The molecule has 0 radical (unpaired) electrons. The van der Waals surface area contributed by atoms with E-state index in [9.17, 15) is 4.79 Å². The summed E-state index contributed by atoms with van der Waals surface area (Å²) < 4.78 is 18.3. The van der Waals surface area contributed by atoms with Gasteiger partial charge in [-0.15, -0.1) is 0 Å². The van der Waals surface area contributed by atoms with Crippen LogP contribution < -0.4 is 14.8 Å². The minimum atomic E-state index is -0.557. The summed E-state index contributed by atoms with van der Waals surface area (Å²) in [4.78, 5) is 17.5. The number of fused-ring (bicyclic) bond motifs is 1. The van der Waals surface area contributed by atoms with Gasteiger partial charge >= 0.3 is 5.97 Å². The summed E-state index contributed by atoms with van der Waals surface area (Å²) in [5.41, 5.74) is 2.73. The van der Waals surface area contributed by atoms with Crippen LogP contribution in [0.15, 0.2) is 60.4 Å². The summed E-state index contributed by atoms with van der Waals surface area (Å²) in [5, 5.41) is 7.64. The van der Waals surface area contributed by atoms with Crippen molar-refractivity contribution in [2.24, 2.45) is 0 Å². The Hall–Kier alpha value is -3.81. The number of carbonyl (C=O) groups excluding carboxylic acids is 1. The summed E-state index contributed by atoms with van der Waals surface area (Å²) in [6.07, 6.45) is 1.46. The lowest BCUT2D eigenvalue weighted by molar-refractivity contribution is -0.138. The molecule has 1 aromatic heterocycles. The van der Waals surface area contributed by atoms with Gasteiger partial charge in [0.2, 0.25) is 5.95 Å². The fourth-order valence-electron chi connectivity index (χ4n) is 3.66. The average Bonchev–Trinajstić information content (AvgIpc) is 3.27. The molecule has 0 bridgehead atoms. The number of nitrogens with one attached hydrogen (secondary N) is 1. The van der Waals surface area contributed by atoms with Crippen LogP contribution in [-0.2, 0) is 9.53 Å². The zero-order chi connectivity index (χ0) is 21.8. The molecule has 1 aliphatic heterocycles. The van der Waals surface area contributed by atoms with Gasteiger partial charge in [-0.1, -0.05) is 36.4 Å². The average molecular weight is 420 g/mol. The topological polar surface area (TPSA) is 87.5 Å². The smallest absolute Gasteiger partial charge is 0.338 e. The van der Waals surface area contributed by atoms with Crippen LogP contribution in [0, 0.1) is 0 Å². The monoisotopic (exact) mass is 420 g/mol. The molecule has 0 saturated heterocycles. The Morgan fingerprint density at radius 3 is 2.61 bits per heavy atom. The number of ether oxygens (including phenoxy) is 3. The molecular weight excluding hydrogens is 396 g/mol. The van der Waals surface area contributed by atoms with Crippen molar-refractivity contribution in [3.05, 3.63) is 71.6 Å². The molecule has 4 rings (SSSR count).